The van der Waals surface area contributed by atoms with Gasteiger partial charge < -0.3 is 14.2 Å². The predicted octanol–water partition coefficient (Wildman–Crippen LogP) is 2.18. The summed E-state index contributed by atoms with van der Waals surface area (Å²) >= 11 is 0. The number of hydrogen-bond donors (Lipinski definition) is 0. The van der Waals surface area contributed by atoms with Gasteiger partial charge in [0.2, 0.25) is 0 Å². The van der Waals surface area contributed by atoms with E-state index in [-0.39, 0.29) is 6.10 Å². The molecule has 1 aromatic rings. The van der Waals surface area contributed by atoms with Gasteiger partial charge in [0, 0.05) is 0 Å². The van der Waals surface area contributed by atoms with Gasteiger partial charge in [0.05, 0.1) is 19.3 Å². The summed E-state index contributed by atoms with van der Waals surface area (Å²) in [7, 11) is 0. The van der Waals surface area contributed by atoms with E-state index in [1.165, 1.54) is 5.56 Å². The van der Waals surface area contributed by atoms with Crippen molar-refractivity contribution in [3.05, 3.63) is 29.8 Å². The van der Waals surface area contributed by atoms with E-state index in [0.717, 1.165) is 12.4 Å². The third-order valence-electron chi connectivity index (χ3n) is 2.47. The van der Waals surface area contributed by atoms with Crippen LogP contribution >= 0.6 is 0 Å². The molecule has 0 spiro atoms. The Kier molecular flexibility index (Phi) is 3.80. The van der Waals surface area contributed by atoms with Gasteiger partial charge in [-0.1, -0.05) is 17.7 Å². The Morgan fingerprint density at radius 1 is 1.38 bits per heavy atom. The van der Waals surface area contributed by atoms with Crippen LogP contribution in [-0.2, 0) is 9.47 Å². The lowest BCUT2D eigenvalue weighted by atomic mass is 10.2. The zero-order valence-electron chi connectivity index (χ0n) is 9.81. The molecule has 0 radical (unpaired) electrons. The molecule has 1 fully saturated rings. The van der Waals surface area contributed by atoms with Crippen LogP contribution in [-0.4, -0.2) is 32.0 Å². The van der Waals surface area contributed by atoms with E-state index in [1.807, 2.05) is 31.2 Å². The average molecular weight is 222 g/mol. The molecule has 2 atom stereocenters. The molecule has 1 heterocycles. The van der Waals surface area contributed by atoms with Crippen LogP contribution in [0.4, 0.5) is 0 Å². The maximum absolute atomic E-state index is 5.61. The lowest BCUT2D eigenvalue weighted by Gasteiger charge is -2.13. The minimum absolute atomic E-state index is 0.102. The van der Waals surface area contributed by atoms with Crippen molar-refractivity contribution in [2.24, 2.45) is 0 Å². The Hall–Kier alpha value is -1.06. The topological polar surface area (TPSA) is 31.0 Å². The molecule has 0 aromatic heterocycles. The second-order valence-corrected chi connectivity index (χ2v) is 4.22. The number of rotatable bonds is 6. The van der Waals surface area contributed by atoms with Gasteiger partial charge in [0.25, 0.3) is 0 Å². The van der Waals surface area contributed by atoms with Crippen LogP contribution in [0, 0.1) is 6.92 Å². The quantitative estimate of drug-likeness (QED) is 0.691. The van der Waals surface area contributed by atoms with Gasteiger partial charge in [-0.15, -0.1) is 0 Å². The summed E-state index contributed by atoms with van der Waals surface area (Å²) in [5, 5.41) is 0. The van der Waals surface area contributed by atoms with Gasteiger partial charge in [-0.05, 0) is 26.0 Å². The van der Waals surface area contributed by atoms with E-state index >= 15 is 0 Å². The second-order valence-electron chi connectivity index (χ2n) is 4.22. The highest BCUT2D eigenvalue weighted by atomic mass is 16.6. The molecule has 1 aromatic carbocycles. The van der Waals surface area contributed by atoms with Crippen LogP contribution in [0.15, 0.2) is 24.3 Å². The Bertz CT molecular complexity index is 316. The molecule has 88 valence electrons. The fourth-order valence-electron chi connectivity index (χ4n) is 1.33. The highest BCUT2D eigenvalue weighted by Gasteiger charge is 2.23. The zero-order valence-corrected chi connectivity index (χ0v) is 9.81. The summed E-state index contributed by atoms with van der Waals surface area (Å²) in [6, 6.07) is 8.04. The van der Waals surface area contributed by atoms with Crippen molar-refractivity contribution in [3.63, 3.8) is 0 Å². The van der Waals surface area contributed by atoms with Crippen LogP contribution < -0.4 is 4.74 Å². The first-order valence-corrected chi connectivity index (χ1v) is 5.67. The van der Waals surface area contributed by atoms with Crippen LogP contribution in [0.25, 0.3) is 0 Å². The highest BCUT2D eigenvalue weighted by molar-refractivity contribution is 5.26. The van der Waals surface area contributed by atoms with Gasteiger partial charge in [-0.25, -0.2) is 0 Å². The first kappa shape index (κ1) is 11.4. The molecule has 0 bridgehead atoms. The normalized spacial score (nSPS) is 20.5. The van der Waals surface area contributed by atoms with E-state index in [9.17, 15) is 0 Å². The lowest BCUT2D eigenvalue weighted by Crippen LogP contribution is -2.20. The van der Waals surface area contributed by atoms with Crippen molar-refractivity contribution >= 4 is 0 Å². The minimum atomic E-state index is 0.102. The number of epoxide rings is 1. The fraction of sp³-hybridized carbons (Fsp3) is 0.538. The molecule has 0 N–H and O–H groups in total. The molecule has 3 nitrogen and oxygen atoms in total. The molecule has 2 unspecified atom stereocenters. The number of ether oxygens (including phenoxy) is 3. The third kappa shape index (κ3) is 3.83. The summed E-state index contributed by atoms with van der Waals surface area (Å²) in [6.45, 7) is 6.17. The molecule has 1 aliphatic rings. The fourth-order valence-corrected chi connectivity index (χ4v) is 1.33. The van der Waals surface area contributed by atoms with Gasteiger partial charge in [-0.3, -0.25) is 0 Å². The Labute approximate surface area is 96.3 Å². The van der Waals surface area contributed by atoms with Gasteiger partial charge >= 0.3 is 0 Å². The summed E-state index contributed by atoms with van der Waals surface area (Å²) < 4.78 is 16.2. The first-order chi connectivity index (χ1) is 7.74. The van der Waals surface area contributed by atoms with Crippen LogP contribution in [0.5, 0.6) is 5.75 Å². The van der Waals surface area contributed by atoms with Crippen LogP contribution in [0.1, 0.15) is 12.5 Å². The standard InChI is InChI=1S/C13H18O3/c1-10-3-5-12(6-4-10)15-7-11(2)14-8-13-9-16-13/h3-6,11,13H,7-9H2,1-2H3. The Morgan fingerprint density at radius 2 is 2.06 bits per heavy atom. The number of hydrogen-bond acceptors (Lipinski definition) is 3. The summed E-state index contributed by atoms with van der Waals surface area (Å²) in [5.41, 5.74) is 1.24. The molecule has 2 rings (SSSR count). The Morgan fingerprint density at radius 3 is 2.69 bits per heavy atom. The molecule has 0 aliphatic carbocycles. The average Bonchev–Trinajstić information content (AvgIpc) is 3.09. The summed E-state index contributed by atoms with van der Waals surface area (Å²) in [6.07, 6.45) is 0.423. The van der Waals surface area contributed by atoms with Crippen molar-refractivity contribution in [3.8, 4) is 5.75 Å². The molecular formula is C13H18O3. The van der Waals surface area contributed by atoms with Crippen molar-refractivity contribution in [2.75, 3.05) is 19.8 Å². The second kappa shape index (κ2) is 5.32. The molecule has 3 heteroatoms. The van der Waals surface area contributed by atoms with Crippen molar-refractivity contribution < 1.29 is 14.2 Å². The van der Waals surface area contributed by atoms with Crippen molar-refractivity contribution in [1.82, 2.24) is 0 Å². The SMILES string of the molecule is Cc1ccc(OCC(C)OCC2CO2)cc1. The lowest BCUT2D eigenvalue weighted by molar-refractivity contribution is 0.0241. The zero-order chi connectivity index (χ0) is 11.4. The third-order valence-corrected chi connectivity index (χ3v) is 2.47. The van der Waals surface area contributed by atoms with Crippen molar-refractivity contribution in [1.29, 1.82) is 0 Å². The molecule has 16 heavy (non-hydrogen) atoms. The molecule has 1 aliphatic heterocycles. The largest absolute Gasteiger partial charge is 0.491 e. The first-order valence-electron chi connectivity index (χ1n) is 5.67. The predicted molar refractivity (Wildman–Crippen MR) is 61.8 cm³/mol. The van der Waals surface area contributed by atoms with E-state index in [4.69, 9.17) is 14.2 Å². The van der Waals surface area contributed by atoms with E-state index in [0.29, 0.717) is 19.3 Å². The van der Waals surface area contributed by atoms with E-state index in [1.54, 1.807) is 0 Å². The molecule has 0 amide bonds. The van der Waals surface area contributed by atoms with E-state index < -0.39 is 0 Å². The minimum Gasteiger partial charge on any atom is -0.491 e. The van der Waals surface area contributed by atoms with Gasteiger partial charge in [-0.2, -0.15) is 0 Å². The smallest absolute Gasteiger partial charge is 0.119 e. The van der Waals surface area contributed by atoms with Crippen molar-refractivity contribution in [2.45, 2.75) is 26.1 Å². The van der Waals surface area contributed by atoms with Gasteiger partial charge in [0.1, 0.15) is 18.5 Å². The van der Waals surface area contributed by atoms with Crippen LogP contribution in [0.3, 0.4) is 0 Å². The highest BCUT2D eigenvalue weighted by Crippen LogP contribution is 2.13. The molecule has 1 saturated heterocycles. The summed E-state index contributed by atoms with van der Waals surface area (Å²) in [4.78, 5) is 0. The summed E-state index contributed by atoms with van der Waals surface area (Å²) in [5.74, 6) is 0.892. The number of benzene rings is 1. The van der Waals surface area contributed by atoms with Gasteiger partial charge in [0.15, 0.2) is 0 Å². The monoisotopic (exact) mass is 222 g/mol. The Balaban J connectivity index is 1.67. The maximum atomic E-state index is 5.61. The number of aryl methyl sites for hydroxylation is 1. The maximum Gasteiger partial charge on any atom is 0.119 e. The molecular weight excluding hydrogens is 204 g/mol. The van der Waals surface area contributed by atoms with E-state index in [2.05, 4.69) is 6.92 Å². The van der Waals surface area contributed by atoms with Crippen LogP contribution in [0.2, 0.25) is 0 Å². The molecule has 0 saturated carbocycles.